The van der Waals surface area contributed by atoms with E-state index in [2.05, 4.69) is 20.8 Å². The van der Waals surface area contributed by atoms with Gasteiger partial charge >= 0.3 is 0 Å². The minimum absolute atomic E-state index is 0.122. The van der Waals surface area contributed by atoms with Crippen molar-refractivity contribution >= 4 is 0 Å². The molecule has 0 saturated carbocycles. The van der Waals surface area contributed by atoms with Gasteiger partial charge in [-0.3, -0.25) is 0 Å². The molecule has 72 valence electrons. The fraction of sp³-hybridized carbons (Fsp3) is 0.500. The lowest BCUT2D eigenvalue weighted by Gasteiger charge is -2.11. The molecule has 0 aromatic heterocycles. The van der Waals surface area contributed by atoms with Gasteiger partial charge in [0.15, 0.2) is 0 Å². The Kier molecular flexibility index (Phi) is 3.47. The minimum Gasteiger partial charge on any atom is -0.207 e. The Labute approximate surface area is 79.8 Å². The van der Waals surface area contributed by atoms with Gasteiger partial charge in [0.05, 0.1) is 0 Å². The molecule has 0 bridgehead atoms. The van der Waals surface area contributed by atoms with E-state index >= 15 is 0 Å². The van der Waals surface area contributed by atoms with Crippen molar-refractivity contribution < 1.29 is 4.39 Å². The zero-order valence-corrected chi connectivity index (χ0v) is 8.60. The molecule has 0 amide bonds. The van der Waals surface area contributed by atoms with Gasteiger partial charge in [-0.25, -0.2) is 4.39 Å². The molecule has 0 unspecified atom stereocenters. The summed E-state index contributed by atoms with van der Waals surface area (Å²) in [4.78, 5) is 0. The van der Waals surface area contributed by atoms with Gasteiger partial charge in [0.25, 0.3) is 0 Å². The molecule has 0 spiro atoms. The van der Waals surface area contributed by atoms with Gasteiger partial charge in [-0.1, -0.05) is 33.3 Å². The average Bonchev–Trinajstić information content (AvgIpc) is 2.08. The normalized spacial score (nSPS) is 10.8. The summed E-state index contributed by atoms with van der Waals surface area (Å²) in [6.45, 7) is 6.36. The first-order valence-electron chi connectivity index (χ1n) is 4.93. The zero-order chi connectivity index (χ0) is 9.84. The van der Waals surface area contributed by atoms with Gasteiger partial charge in [-0.2, -0.15) is 0 Å². The van der Waals surface area contributed by atoms with E-state index in [4.69, 9.17) is 0 Å². The Morgan fingerprint density at radius 3 is 2.54 bits per heavy atom. The second kappa shape index (κ2) is 4.40. The van der Waals surface area contributed by atoms with Crippen molar-refractivity contribution in [3.05, 3.63) is 35.1 Å². The number of rotatable bonds is 3. The lowest BCUT2D eigenvalue weighted by molar-refractivity contribution is 0.621. The largest absolute Gasteiger partial charge is 0.207 e. The van der Waals surface area contributed by atoms with Gasteiger partial charge in [0, 0.05) is 0 Å². The van der Waals surface area contributed by atoms with Crippen LogP contribution in [-0.4, -0.2) is 0 Å². The zero-order valence-electron chi connectivity index (χ0n) is 8.60. The predicted octanol–water partition coefficient (Wildman–Crippen LogP) is 3.90. The Morgan fingerprint density at radius 1 is 1.31 bits per heavy atom. The third-order valence-corrected chi connectivity index (χ3v) is 2.25. The molecule has 0 fully saturated rings. The molecule has 0 aliphatic carbocycles. The lowest BCUT2D eigenvalue weighted by Crippen LogP contribution is -1.97. The molecule has 1 aromatic rings. The summed E-state index contributed by atoms with van der Waals surface area (Å²) in [5.41, 5.74) is 2.45. The van der Waals surface area contributed by atoms with Crippen molar-refractivity contribution in [2.45, 2.75) is 39.5 Å². The number of hydrogen-bond acceptors (Lipinski definition) is 0. The minimum atomic E-state index is -0.122. The van der Waals surface area contributed by atoms with Crippen LogP contribution in [0, 0.1) is 5.82 Å². The molecule has 0 nitrogen and oxygen atoms in total. The number of benzene rings is 1. The van der Waals surface area contributed by atoms with E-state index in [9.17, 15) is 4.39 Å². The van der Waals surface area contributed by atoms with Gasteiger partial charge in [0.2, 0.25) is 0 Å². The second-order valence-corrected chi connectivity index (χ2v) is 3.75. The Bertz CT molecular complexity index is 276. The Balaban J connectivity index is 3.03. The highest BCUT2D eigenvalue weighted by atomic mass is 19.1. The highest BCUT2D eigenvalue weighted by Crippen LogP contribution is 2.21. The Hall–Kier alpha value is -0.850. The predicted molar refractivity (Wildman–Crippen MR) is 54.5 cm³/mol. The molecule has 0 N–H and O–H groups in total. The summed E-state index contributed by atoms with van der Waals surface area (Å²) in [5.74, 6) is 0.292. The van der Waals surface area contributed by atoms with E-state index < -0.39 is 0 Å². The second-order valence-electron chi connectivity index (χ2n) is 3.75. The molecule has 13 heavy (non-hydrogen) atoms. The first-order valence-corrected chi connectivity index (χ1v) is 4.93. The summed E-state index contributed by atoms with van der Waals surface area (Å²) in [5, 5.41) is 0. The molecule has 0 saturated heterocycles. The third-order valence-electron chi connectivity index (χ3n) is 2.25. The van der Waals surface area contributed by atoms with Gasteiger partial charge in [0.1, 0.15) is 5.82 Å². The maximum atomic E-state index is 12.9. The van der Waals surface area contributed by atoms with E-state index in [0.717, 1.165) is 18.4 Å². The highest BCUT2D eigenvalue weighted by Gasteiger charge is 2.06. The summed E-state index contributed by atoms with van der Waals surface area (Å²) in [7, 11) is 0. The van der Waals surface area contributed by atoms with Crippen molar-refractivity contribution in [1.29, 1.82) is 0 Å². The molecule has 1 heteroatoms. The van der Waals surface area contributed by atoms with Crippen LogP contribution in [0.1, 0.15) is 44.2 Å². The molecule has 0 heterocycles. The summed E-state index contributed by atoms with van der Waals surface area (Å²) in [6.07, 6.45) is 2.17. The van der Waals surface area contributed by atoms with Gasteiger partial charge < -0.3 is 0 Å². The summed E-state index contributed by atoms with van der Waals surface area (Å²) in [6, 6.07) is 5.13. The van der Waals surface area contributed by atoms with E-state index in [1.165, 1.54) is 5.56 Å². The van der Waals surface area contributed by atoms with Crippen molar-refractivity contribution in [2.75, 3.05) is 0 Å². The van der Waals surface area contributed by atoms with Gasteiger partial charge in [-0.15, -0.1) is 0 Å². The molecular weight excluding hydrogens is 163 g/mol. The number of hydrogen-bond donors (Lipinski definition) is 0. The Morgan fingerprint density at radius 2 is 2.00 bits per heavy atom. The standard InChI is InChI=1S/C12H17F/c1-4-5-10-6-7-11(13)8-12(10)9(2)3/h6-9H,4-5H2,1-3H3. The molecule has 0 atom stereocenters. The van der Waals surface area contributed by atoms with Crippen LogP contribution in [0.25, 0.3) is 0 Å². The van der Waals surface area contributed by atoms with Gasteiger partial charge in [-0.05, 0) is 35.6 Å². The van der Waals surface area contributed by atoms with Crippen LogP contribution in [0.4, 0.5) is 4.39 Å². The topological polar surface area (TPSA) is 0 Å². The molecule has 1 rings (SSSR count). The van der Waals surface area contributed by atoms with E-state index in [1.807, 2.05) is 6.07 Å². The molecular formula is C12H17F. The van der Waals surface area contributed by atoms with Crippen LogP contribution in [0.3, 0.4) is 0 Å². The lowest BCUT2D eigenvalue weighted by atomic mass is 9.94. The first kappa shape index (κ1) is 10.2. The molecule has 0 aliphatic rings. The monoisotopic (exact) mass is 180 g/mol. The quantitative estimate of drug-likeness (QED) is 0.661. The van der Waals surface area contributed by atoms with Crippen LogP contribution in [0.5, 0.6) is 0 Å². The number of aryl methyl sites for hydroxylation is 1. The van der Waals surface area contributed by atoms with Crippen LogP contribution in [-0.2, 0) is 6.42 Å². The third kappa shape index (κ3) is 2.55. The van der Waals surface area contributed by atoms with E-state index in [1.54, 1.807) is 12.1 Å². The van der Waals surface area contributed by atoms with Crippen molar-refractivity contribution in [3.8, 4) is 0 Å². The summed E-state index contributed by atoms with van der Waals surface area (Å²) < 4.78 is 12.9. The van der Waals surface area contributed by atoms with Crippen molar-refractivity contribution in [1.82, 2.24) is 0 Å². The fourth-order valence-electron chi connectivity index (χ4n) is 1.60. The highest BCUT2D eigenvalue weighted by molar-refractivity contribution is 5.30. The molecule has 1 aromatic carbocycles. The smallest absolute Gasteiger partial charge is 0.123 e. The fourth-order valence-corrected chi connectivity index (χ4v) is 1.60. The van der Waals surface area contributed by atoms with Crippen LogP contribution in [0.15, 0.2) is 18.2 Å². The number of halogens is 1. The summed E-state index contributed by atoms with van der Waals surface area (Å²) >= 11 is 0. The SMILES string of the molecule is CCCc1ccc(F)cc1C(C)C. The van der Waals surface area contributed by atoms with E-state index in [-0.39, 0.29) is 5.82 Å². The average molecular weight is 180 g/mol. The van der Waals surface area contributed by atoms with Crippen LogP contribution < -0.4 is 0 Å². The van der Waals surface area contributed by atoms with Crippen LogP contribution in [0.2, 0.25) is 0 Å². The van der Waals surface area contributed by atoms with Crippen LogP contribution >= 0.6 is 0 Å². The molecule has 0 radical (unpaired) electrons. The maximum absolute atomic E-state index is 12.9. The van der Waals surface area contributed by atoms with Crippen molar-refractivity contribution in [2.24, 2.45) is 0 Å². The van der Waals surface area contributed by atoms with Crippen molar-refractivity contribution in [3.63, 3.8) is 0 Å². The first-order chi connectivity index (χ1) is 6.15. The maximum Gasteiger partial charge on any atom is 0.123 e. The van der Waals surface area contributed by atoms with E-state index in [0.29, 0.717) is 5.92 Å². The molecule has 0 aliphatic heterocycles.